The molecule has 8 nitrogen and oxygen atoms in total. The van der Waals surface area contributed by atoms with Crippen molar-refractivity contribution in [1.29, 1.82) is 5.26 Å². The lowest BCUT2D eigenvalue weighted by atomic mass is 10.1. The molecule has 0 bridgehead atoms. The zero-order chi connectivity index (χ0) is 21.3. The molecule has 30 heavy (non-hydrogen) atoms. The first-order chi connectivity index (χ1) is 14.6. The lowest BCUT2D eigenvalue weighted by Gasteiger charge is -2.12. The first-order valence-corrected chi connectivity index (χ1v) is 9.41. The summed E-state index contributed by atoms with van der Waals surface area (Å²) in [4.78, 5) is 30.6. The molecule has 0 aliphatic carbocycles. The molecule has 0 aliphatic heterocycles. The highest BCUT2D eigenvalue weighted by molar-refractivity contribution is 5.72. The molecule has 2 aromatic carbocycles. The fourth-order valence-electron chi connectivity index (χ4n) is 3.50. The fraction of sp³-hybridized carbons (Fsp3) is 0.182. The fourth-order valence-corrected chi connectivity index (χ4v) is 3.50. The molecule has 2 aromatic heterocycles. The monoisotopic (exact) mass is 401 g/mol. The first kappa shape index (κ1) is 19.2. The molecule has 8 heteroatoms. The Labute approximate surface area is 171 Å². The molecule has 0 N–H and O–H groups in total. The van der Waals surface area contributed by atoms with Crippen LogP contribution in [0.25, 0.3) is 16.9 Å². The largest absolute Gasteiger partial charge is 0.497 e. The van der Waals surface area contributed by atoms with Gasteiger partial charge in [-0.2, -0.15) is 5.26 Å². The van der Waals surface area contributed by atoms with Crippen LogP contribution < -0.4 is 16.0 Å². The number of fused-ring (bicyclic) bond motifs is 1. The second kappa shape index (κ2) is 7.72. The van der Waals surface area contributed by atoms with Crippen molar-refractivity contribution in [3.05, 3.63) is 86.8 Å². The zero-order valence-electron chi connectivity index (χ0n) is 16.6. The molecule has 4 rings (SSSR count). The Morgan fingerprint density at radius 1 is 1.13 bits per heavy atom. The van der Waals surface area contributed by atoms with E-state index >= 15 is 0 Å². The third-order valence-corrected chi connectivity index (χ3v) is 4.94. The number of nitrogens with zero attached hydrogens (tertiary/aromatic N) is 5. The van der Waals surface area contributed by atoms with E-state index in [9.17, 15) is 9.59 Å². The van der Waals surface area contributed by atoms with Crippen LogP contribution in [0.5, 0.6) is 5.75 Å². The van der Waals surface area contributed by atoms with Gasteiger partial charge in [0.15, 0.2) is 11.2 Å². The molecule has 0 radical (unpaired) electrons. The number of ether oxygens (including phenoxy) is 1. The van der Waals surface area contributed by atoms with Crippen molar-refractivity contribution in [2.75, 3.05) is 7.11 Å². The molecule has 0 atom stereocenters. The van der Waals surface area contributed by atoms with E-state index in [1.165, 1.54) is 9.13 Å². The molecule has 0 unspecified atom stereocenters. The molecule has 4 aromatic rings. The maximum absolute atomic E-state index is 13.1. The van der Waals surface area contributed by atoms with Gasteiger partial charge in [0.1, 0.15) is 5.75 Å². The third kappa shape index (κ3) is 3.16. The highest BCUT2D eigenvalue weighted by Gasteiger charge is 2.19. The minimum absolute atomic E-state index is 0.229. The summed E-state index contributed by atoms with van der Waals surface area (Å²) in [5.74, 6) is 0.592. The summed E-state index contributed by atoms with van der Waals surface area (Å²) in [6.45, 7) is 2.33. The normalized spacial score (nSPS) is 10.8. The maximum Gasteiger partial charge on any atom is 0.337 e. The Hall–Kier alpha value is -4.12. The number of hydrogen-bond acceptors (Lipinski definition) is 5. The van der Waals surface area contributed by atoms with Gasteiger partial charge in [-0.1, -0.05) is 18.2 Å². The molecular weight excluding hydrogens is 382 g/mol. The van der Waals surface area contributed by atoms with Crippen molar-refractivity contribution < 1.29 is 4.74 Å². The molecule has 0 amide bonds. The Balaban J connectivity index is 1.97. The van der Waals surface area contributed by atoms with Crippen LogP contribution in [-0.2, 0) is 13.1 Å². The molecule has 0 spiro atoms. The number of hydrogen-bond donors (Lipinski definition) is 0. The van der Waals surface area contributed by atoms with E-state index in [1.807, 2.05) is 6.07 Å². The van der Waals surface area contributed by atoms with Crippen molar-refractivity contribution >= 4 is 11.2 Å². The lowest BCUT2D eigenvalue weighted by molar-refractivity contribution is 0.414. The van der Waals surface area contributed by atoms with Crippen molar-refractivity contribution in [2.45, 2.75) is 20.0 Å². The minimum Gasteiger partial charge on any atom is -0.497 e. The number of methoxy groups -OCH3 is 1. The van der Waals surface area contributed by atoms with Crippen LogP contribution in [0.15, 0.2) is 64.4 Å². The number of rotatable bonds is 5. The maximum atomic E-state index is 13.1. The summed E-state index contributed by atoms with van der Waals surface area (Å²) >= 11 is 0. The van der Waals surface area contributed by atoms with Gasteiger partial charge in [0.25, 0.3) is 5.56 Å². The topological polar surface area (TPSA) is 94.8 Å². The highest BCUT2D eigenvalue weighted by Crippen LogP contribution is 2.19. The van der Waals surface area contributed by atoms with Crippen LogP contribution in [0.3, 0.4) is 0 Å². The van der Waals surface area contributed by atoms with Crippen LogP contribution in [0.2, 0.25) is 0 Å². The molecule has 0 fully saturated rings. The average molecular weight is 401 g/mol. The molecule has 150 valence electrons. The van der Waals surface area contributed by atoms with Crippen molar-refractivity contribution in [2.24, 2.45) is 0 Å². The van der Waals surface area contributed by atoms with E-state index in [0.29, 0.717) is 29.1 Å². The van der Waals surface area contributed by atoms with Gasteiger partial charge >= 0.3 is 5.69 Å². The zero-order valence-corrected chi connectivity index (χ0v) is 16.6. The van der Waals surface area contributed by atoms with Crippen molar-refractivity contribution in [1.82, 2.24) is 18.7 Å². The summed E-state index contributed by atoms with van der Waals surface area (Å²) in [7, 11) is 1.55. The van der Waals surface area contributed by atoms with E-state index in [4.69, 9.17) is 10.00 Å². The van der Waals surface area contributed by atoms with E-state index in [1.54, 1.807) is 67.4 Å². The number of imidazole rings is 1. The summed E-state index contributed by atoms with van der Waals surface area (Å²) in [5, 5.41) is 9.14. The molecule has 0 saturated heterocycles. The van der Waals surface area contributed by atoms with Gasteiger partial charge in [0.05, 0.1) is 30.8 Å². The predicted octanol–water partition coefficient (Wildman–Crippen LogP) is 2.30. The van der Waals surface area contributed by atoms with E-state index < -0.39 is 11.2 Å². The summed E-state index contributed by atoms with van der Waals surface area (Å²) in [5.41, 5.74) is 1.70. The Kier molecular flexibility index (Phi) is 4.94. The van der Waals surface area contributed by atoms with Crippen LogP contribution in [-0.4, -0.2) is 25.8 Å². The number of aromatic nitrogens is 4. The molecule has 0 saturated carbocycles. The third-order valence-electron chi connectivity index (χ3n) is 4.94. The van der Waals surface area contributed by atoms with Gasteiger partial charge in [-0.05, 0) is 36.8 Å². The SMILES string of the molecule is CCn1c(=O)c2c(ncn2Cc2cccc(C#N)c2)n(-c2cccc(OC)c2)c1=O. The van der Waals surface area contributed by atoms with E-state index in [2.05, 4.69) is 11.1 Å². The smallest absolute Gasteiger partial charge is 0.337 e. The lowest BCUT2D eigenvalue weighted by Crippen LogP contribution is -2.39. The van der Waals surface area contributed by atoms with Crippen LogP contribution >= 0.6 is 0 Å². The van der Waals surface area contributed by atoms with Crippen molar-refractivity contribution in [3.8, 4) is 17.5 Å². The quantitative estimate of drug-likeness (QED) is 0.511. The summed E-state index contributed by atoms with van der Waals surface area (Å²) in [6.07, 6.45) is 1.54. The molecule has 2 heterocycles. The highest BCUT2D eigenvalue weighted by atomic mass is 16.5. The second-order valence-electron chi connectivity index (χ2n) is 6.73. The summed E-state index contributed by atoms with van der Waals surface area (Å²) in [6, 6.07) is 16.3. The summed E-state index contributed by atoms with van der Waals surface area (Å²) < 4.78 is 9.59. The first-order valence-electron chi connectivity index (χ1n) is 9.41. The Bertz CT molecular complexity index is 1410. The van der Waals surface area contributed by atoms with Gasteiger partial charge in [-0.3, -0.25) is 9.36 Å². The van der Waals surface area contributed by atoms with Gasteiger partial charge in [0.2, 0.25) is 0 Å². The van der Waals surface area contributed by atoms with Gasteiger partial charge < -0.3 is 9.30 Å². The average Bonchev–Trinajstić information content (AvgIpc) is 3.17. The number of nitriles is 1. The second-order valence-corrected chi connectivity index (χ2v) is 6.73. The molecular formula is C22H19N5O3. The predicted molar refractivity (Wildman–Crippen MR) is 112 cm³/mol. The van der Waals surface area contributed by atoms with Crippen LogP contribution in [0.1, 0.15) is 18.1 Å². The standard InChI is InChI=1S/C22H19N5O3/c1-3-26-21(28)19-20(27(22(26)29)17-8-5-9-18(11-17)30-2)24-14-25(19)13-16-7-4-6-15(10-16)12-23/h4-11,14H,3,13H2,1-2H3. The number of benzene rings is 2. The van der Waals surface area contributed by atoms with Crippen molar-refractivity contribution in [3.63, 3.8) is 0 Å². The van der Waals surface area contributed by atoms with Gasteiger partial charge in [-0.25, -0.2) is 14.3 Å². The Morgan fingerprint density at radius 2 is 1.93 bits per heavy atom. The van der Waals surface area contributed by atoms with Gasteiger partial charge in [0, 0.05) is 19.2 Å². The minimum atomic E-state index is -0.458. The van der Waals surface area contributed by atoms with Crippen LogP contribution in [0, 0.1) is 11.3 Å². The molecule has 0 aliphatic rings. The van der Waals surface area contributed by atoms with Gasteiger partial charge in [-0.15, -0.1) is 0 Å². The Morgan fingerprint density at radius 3 is 2.67 bits per heavy atom. The van der Waals surface area contributed by atoms with Crippen LogP contribution in [0.4, 0.5) is 0 Å². The van der Waals surface area contributed by atoms with E-state index in [0.717, 1.165) is 5.56 Å². The van der Waals surface area contributed by atoms with E-state index in [-0.39, 0.29) is 12.2 Å².